The first kappa shape index (κ1) is 12.2. The summed E-state index contributed by atoms with van der Waals surface area (Å²) in [6.45, 7) is 8.24. The fraction of sp³-hybridized carbons (Fsp3) is 0.615. The standard InChI is InChI=1S/C13H21N3O/c1-3-7-14-13-15-11(2)9-16(13)10-12-6-4-5-8-17-12/h3,9,12H,1,4-8,10H2,2H3,(H,14,15). The summed E-state index contributed by atoms with van der Waals surface area (Å²) in [5.41, 5.74) is 1.03. The van der Waals surface area contributed by atoms with E-state index in [9.17, 15) is 0 Å². The average molecular weight is 235 g/mol. The summed E-state index contributed by atoms with van der Waals surface area (Å²) in [5, 5.41) is 3.25. The molecule has 1 aliphatic rings. The first-order valence-electron chi connectivity index (χ1n) is 6.29. The number of imidazole rings is 1. The number of aryl methyl sites for hydroxylation is 1. The minimum absolute atomic E-state index is 0.335. The number of hydrogen-bond donors (Lipinski definition) is 1. The molecule has 94 valence electrons. The summed E-state index contributed by atoms with van der Waals surface area (Å²) in [7, 11) is 0. The summed E-state index contributed by atoms with van der Waals surface area (Å²) < 4.78 is 7.90. The quantitative estimate of drug-likeness (QED) is 0.796. The van der Waals surface area contributed by atoms with Gasteiger partial charge in [0.25, 0.3) is 0 Å². The predicted octanol–water partition coefficient (Wildman–Crippen LogP) is 2.36. The highest BCUT2D eigenvalue weighted by atomic mass is 16.5. The Hall–Kier alpha value is -1.29. The molecular weight excluding hydrogens is 214 g/mol. The van der Waals surface area contributed by atoms with Crippen LogP contribution in [0.4, 0.5) is 5.95 Å². The molecule has 0 aliphatic carbocycles. The van der Waals surface area contributed by atoms with Crippen molar-refractivity contribution in [3.8, 4) is 0 Å². The fourth-order valence-electron chi connectivity index (χ4n) is 2.16. The highest BCUT2D eigenvalue weighted by molar-refractivity contribution is 5.29. The molecule has 2 rings (SSSR count). The van der Waals surface area contributed by atoms with Gasteiger partial charge in [-0.05, 0) is 26.2 Å². The van der Waals surface area contributed by atoms with Crippen LogP contribution in [0.1, 0.15) is 25.0 Å². The number of aromatic nitrogens is 2. The van der Waals surface area contributed by atoms with Crippen LogP contribution in [0, 0.1) is 6.92 Å². The molecule has 1 aromatic heterocycles. The molecule has 4 heteroatoms. The molecule has 1 unspecified atom stereocenters. The van der Waals surface area contributed by atoms with E-state index >= 15 is 0 Å². The molecule has 0 amide bonds. The van der Waals surface area contributed by atoms with Gasteiger partial charge in [0.2, 0.25) is 5.95 Å². The van der Waals surface area contributed by atoms with Gasteiger partial charge in [-0.1, -0.05) is 6.08 Å². The van der Waals surface area contributed by atoms with E-state index in [4.69, 9.17) is 4.74 Å². The van der Waals surface area contributed by atoms with Gasteiger partial charge in [-0.2, -0.15) is 0 Å². The Bertz CT molecular complexity index is 367. The Kier molecular flexibility index (Phi) is 4.20. The van der Waals surface area contributed by atoms with Crippen molar-refractivity contribution in [2.75, 3.05) is 18.5 Å². The molecule has 1 N–H and O–H groups in total. The van der Waals surface area contributed by atoms with Gasteiger partial charge in [-0.25, -0.2) is 4.98 Å². The average Bonchev–Trinajstić information content (AvgIpc) is 2.68. The lowest BCUT2D eigenvalue weighted by Gasteiger charge is -2.23. The van der Waals surface area contributed by atoms with Crippen molar-refractivity contribution in [1.82, 2.24) is 9.55 Å². The molecule has 1 fully saturated rings. The smallest absolute Gasteiger partial charge is 0.203 e. The van der Waals surface area contributed by atoms with Gasteiger partial charge in [0.05, 0.1) is 18.3 Å². The maximum absolute atomic E-state index is 5.75. The molecule has 1 aromatic rings. The van der Waals surface area contributed by atoms with Gasteiger partial charge in [0, 0.05) is 19.3 Å². The van der Waals surface area contributed by atoms with Crippen LogP contribution in [0.15, 0.2) is 18.9 Å². The third-order valence-electron chi connectivity index (χ3n) is 2.98. The van der Waals surface area contributed by atoms with Crippen LogP contribution in [0.2, 0.25) is 0 Å². The lowest BCUT2D eigenvalue weighted by molar-refractivity contribution is 0.00629. The minimum atomic E-state index is 0.335. The zero-order valence-corrected chi connectivity index (χ0v) is 10.5. The van der Waals surface area contributed by atoms with Crippen LogP contribution < -0.4 is 5.32 Å². The minimum Gasteiger partial charge on any atom is -0.376 e. The normalized spacial score (nSPS) is 20.2. The van der Waals surface area contributed by atoms with Crippen molar-refractivity contribution >= 4 is 5.95 Å². The van der Waals surface area contributed by atoms with Crippen molar-refractivity contribution in [3.05, 3.63) is 24.5 Å². The van der Waals surface area contributed by atoms with E-state index in [1.54, 1.807) is 0 Å². The molecule has 2 heterocycles. The van der Waals surface area contributed by atoms with Crippen LogP contribution in [-0.4, -0.2) is 28.8 Å². The second-order valence-electron chi connectivity index (χ2n) is 4.52. The molecule has 0 aromatic carbocycles. The van der Waals surface area contributed by atoms with Crippen LogP contribution in [0.25, 0.3) is 0 Å². The fourth-order valence-corrected chi connectivity index (χ4v) is 2.16. The Morgan fingerprint density at radius 3 is 3.24 bits per heavy atom. The second kappa shape index (κ2) is 5.87. The van der Waals surface area contributed by atoms with Crippen molar-refractivity contribution in [2.45, 2.75) is 38.8 Å². The van der Waals surface area contributed by atoms with E-state index in [1.165, 1.54) is 12.8 Å². The first-order valence-corrected chi connectivity index (χ1v) is 6.29. The van der Waals surface area contributed by atoms with Gasteiger partial charge >= 0.3 is 0 Å². The number of hydrogen-bond acceptors (Lipinski definition) is 3. The van der Waals surface area contributed by atoms with Crippen molar-refractivity contribution in [1.29, 1.82) is 0 Å². The summed E-state index contributed by atoms with van der Waals surface area (Å²) in [6.07, 6.45) is 7.86. The molecule has 4 nitrogen and oxygen atoms in total. The Morgan fingerprint density at radius 1 is 1.65 bits per heavy atom. The number of nitrogens with one attached hydrogen (secondary N) is 1. The third kappa shape index (κ3) is 3.33. The number of ether oxygens (including phenoxy) is 1. The molecule has 0 bridgehead atoms. The van der Waals surface area contributed by atoms with Crippen LogP contribution >= 0.6 is 0 Å². The van der Waals surface area contributed by atoms with Gasteiger partial charge in [-0.3, -0.25) is 0 Å². The highest BCUT2D eigenvalue weighted by Crippen LogP contribution is 2.17. The van der Waals surface area contributed by atoms with Crippen molar-refractivity contribution in [3.63, 3.8) is 0 Å². The van der Waals surface area contributed by atoms with Crippen LogP contribution in [0.3, 0.4) is 0 Å². The van der Waals surface area contributed by atoms with Crippen molar-refractivity contribution < 1.29 is 4.74 Å². The van der Waals surface area contributed by atoms with E-state index < -0.39 is 0 Å². The maximum Gasteiger partial charge on any atom is 0.203 e. The van der Waals surface area contributed by atoms with E-state index in [0.717, 1.165) is 37.8 Å². The molecule has 17 heavy (non-hydrogen) atoms. The second-order valence-corrected chi connectivity index (χ2v) is 4.52. The first-order chi connectivity index (χ1) is 8.29. The Morgan fingerprint density at radius 2 is 2.53 bits per heavy atom. The molecule has 1 aliphatic heterocycles. The number of nitrogens with zero attached hydrogens (tertiary/aromatic N) is 2. The van der Waals surface area contributed by atoms with E-state index in [-0.39, 0.29) is 0 Å². The number of rotatable bonds is 5. The van der Waals surface area contributed by atoms with Gasteiger partial charge < -0.3 is 14.6 Å². The number of anilines is 1. The van der Waals surface area contributed by atoms with E-state index in [1.807, 2.05) is 13.0 Å². The predicted molar refractivity (Wildman–Crippen MR) is 69.2 cm³/mol. The summed E-state index contributed by atoms with van der Waals surface area (Å²) in [5.74, 6) is 0.913. The molecular formula is C13H21N3O. The molecule has 0 radical (unpaired) electrons. The summed E-state index contributed by atoms with van der Waals surface area (Å²) in [4.78, 5) is 4.46. The zero-order chi connectivity index (χ0) is 12.1. The Labute approximate surface area is 103 Å². The Balaban J connectivity index is 2.00. The third-order valence-corrected chi connectivity index (χ3v) is 2.98. The molecule has 0 saturated carbocycles. The van der Waals surface area contributed by atoms with E-state index in [0.29, 0.717) is 6.10 Å². The topological polar surface area (TPSA) is 39.1 Å². The molecule has 1 atom stereocenters. The monoisotopic (exact) mass is 235 g/mol. The molecule has 0 spiro atoms. The zero-order valence-electron chi connectivity index (χ0n) is 10.5. The SMILES string of the molecule is C=CCNc1nc(C)cn1CC1CCCCO1. The lowest BCUT2D eigenvalue weighted by atomic mass is 10.1. The summed E-state index contributed by atoms with van der Waals surface area (Å²) >= 11 is 0. The highest BCUT2D eigenvalue weighted by Gasteiger charge is 2.16. The van der Waals surface area contributed by atoms with Gasteiger partial charge in [0.15, 0.2) is 0 Å². The van der Waals surface area contributed by atoms with Gasteiger partial charge in [-0.15, -0.1) is 6.58 Å². The molecule has 1 saturated heterocycles. The van der Waals surface area contributed by atoms with Crippen LogP contribution in [0.5, 0.6) is 0 Å². The summed E-state index contributed by atoms with van der Waals surface area (Å²) in [6, 6.07) is 0. The van der Waals surface area contributed by atoms with E-state index in [2.05, 4.69) is 27.6 Å². The largest absolute Gasteiger partial charge is 0.376 e. The van der Waals surface area contributed by atoms with Gasteiger partial charge in [0.1, 0.15) is 0 Å². The lowest BCUT2D eigenvalue weighted by Crippen LogP contribution is -2.25. The maximum atomic E-state index is 5.75. The van der Waals surface area contributed by atoms with Crippen molar-refractivity contribution in [2.24, 2.45) is 0 Å². The van der Waals surface area contributed by atoms with Crippen LogP contribution in [-0.2, 0) is 11.3 Å².